The van der Waals surface area contributed by atoms with E-state index >= 15 is 0 Å². The van der Waals surface area contributed by atoms with E-state index in [0.29, 0.717) is 0 Å². The molecule has 0 saturated heterocycles. The van der Waals surface area contributed by atoms with Gasteiger partial charge in [0.05, 0.1) is 0 Å². The van der Waals surface area contributed by atoms with Crippen LogP contribution >= 0.6 is 8.60 Å². The van der Waals surface area contributed by atoms with E-state index in [2.05, 4.69) is 229 Å². The van der Waals surface area contributed by atoms with Gasteiger partial charge in [0, 0.05) is 16.2 Å². The summed E-state index contributed by atoms with van der Waals surface area (Å²) in [4.78, 5) is 0. The van der Waals surface area contributed by atoms with E-state index in [9.17, 15) is 0 Å². The average Bonchev–Trinajstić information content (AvgIpc) is 3.21. The average molecular weight is 791 g/mol. The zero-order valence-electron chi connectivity index (χ0n) is 36.8. The van der Waals surface area contributed by atoms with Crippen molar-refractivity contribution < 1.29 is 13.6 Å². The molecule has 0 aliphatic rings. The van der Waals surface area contributed by atoms with Crippen LogP contribution in [0.25, 0.3) is 0 Å². The molecular weight excluding hydrogens is 728 g/mol. The first-order valence-electron chi connectivity index (χ1n) is 20.9. The molecule has 0 heterocycles. The molecule has 6 aromatic rings. The largest absolute Gasteiger partial charge is 0.530 e. The molecule has 0 aliphatic carbocycles. The fraction of sp³-hybridized carbons (Fsp3) is 0.333. The van der Waals surface area contributed by atoms with Crippen LogP contribution in [-0.4, -0.2) is 0 Å². The van der Waals surface area contributed by atoms with Gasteiger partial charge < -0.3 is 13.6 Å². The molecule has 0 aromatic heterocycles. The first-order chi connectivity index (χ1) is 27.5. The summed E-state index contributed by atoms with van der Waals surface area (Å²) in [5.41, 5.74) is 10.3. The summed E-state index contributed by atoms with van der Waals surface area (Å²) in [6, 6.07) is 52.0. The van der Waals surface area contributed by atoms with Crippen LogP contribution in [0.1, 0.15) is 151 Å². The molecule has 6 aromatic carbocycles. The van der Waals surface area contributed by atoms with Crippen molar-refractivity contribution >= 4 is 8.60 Å². The van der Waals surface area contributed by atoms with E-state index in [1.807, 2.05) is 0 Å². The monoisotopic (exact) mass is 790 g/mol. The fourth-order valence-electron chi connectivity index (χ4n) is 7.78. The molecule has 0 fully saturated rings. The van der Waals surface area contributed by atoms with Crippen molar-refractivity contribution in [3.63, 3.8) is 0 Å². The Morgan fingerprint density at radius 3 is 0.793 bits per heavy atom. The van der Waals surface area contributed by atoms with Crippen LogP contribution in [0.3, 0.4) is 0 Å². The van der Waals surface area contributed by atoms with Crippen LogP contribution in [-0.2, 0) is 16.2 Å². The predicted octanol–water partition coefficient (Wildman–Crippen LogP) is 15.8. The van der Waals surface area contributed by atoms with Gasteiger partial charge in [-0.15, -0.1) is 0 Å². The van der Waals surface area contributed by atoms with Crippen LogP contribution in [0.15, 0.2) is 146 Å². The van der Waals surface area contributed by atoms with Gasteiger partial charge in [-0.3, -0.25) is 0 Å². The summed E-state index contributed by atoms with van der Waals surface area (Å²) in [6.45, 7) is 27.0. The third kappa shape index (κ3) is 9.22. The molecule has 58 heavy (non-hydrogen) atoms. The lowest BCUT2D eigenvalue weighted by atomic mass is 9.77. The molecule has 0 aliphatic heterocycles. The van der Waals surface area contributed by atoms with Crippen LogP contribution in [0.2, 0.25) is 0 Å². The van der Waals surface area contributed by atoms with Crippen molar-refractivity contribution in [1.29, 1.82) is 0 Å². The van der Waals surface area contributed by atoms with Crippen molar-refractivity contribution in [1.82, 2.24) is 0 Å². The van der Waals surface area contributed by atoms with E-state index in [-0.39, 0.29) is 34.0 Å². The second-order valence-electron chi connectivity index (χ2n) is 18.2. The van der Waals surface area contributed by atoms with Crippen LogP contribution in [0, 0.1) is 0 Å². The molecule has 0 amide bonds. The first kappa shape index (κ1) is 42.7. The molecule has 302 valence electrons. The standard InChI is InChI=1S/C54H63O3P/c1-37(2)46-34-43(52(7,8)40-22-16-13-17-23-40)28-31-49(46)55-58(56-50-32-29-44(35-47(50)38(3)4)53(9,10)41-24-18-14-19-25-41)57-51-33-30-45(36-48(51)39(5)6)54(11,12)42-26-20-15-21-27-42/h13-39H,1-12H3. The molecule has 0 bridgehead atoms. The van der Waals surface area contributed by atoms with E-state index in [1.165, 1.54) is 33.4 Å². The Kier molecular flexibility index (Phi) is 12.9. The Balaban J connectivity index is 1.42. The van der Waals surface area contributed by atoms with Crippen molar-refractivity contribution in [2.45, 2.75) is 117 Å². The normalized spacial score (nSPS) is 12.4. The van der Waals surface area contributed by atoms with Crippen molar-refractivity contribution in [2.24, 2.45) is 0 Å². The van der Waals surface area contributed by atoms with Crippen molar-refractivity contribution in [3.8, 4) is 17.2 Å². The Hall–Kier alpha value is -4.85. The number of hydrogen-bond acceptors (Lipinski definition) is 3. The van der Waals surface area contributed by atoms with Gasteiger partial charge in [0.15, 0.2) is 0 Å². The summed E-state index contributed by atoms with van der Waals surface area (Å²) < 4.78 is 21.0. The van der Waals surface area contributed by atoms with Crippen LogP contribution in [0.4, 0.5) is 0 Å². The molecule has 4 heteroatoms. The Labute approximate surface area is 350 Å². The number of hydrogen-bond donors (Lipinski definition) is 0. The van der Waals surface area contributed by atoms with E-state index < -0.39 is 8.60 Å². The van der Waals surface area contributed by atoms with E-state index in [1.54, 1.807) is 0 Å². The summed E-state index contributed by atoms with van der Waals surface area (Å²) in [5.74, 6) is 2.93. The predicted molar refractivity (Wildman–Crippen MR) is 246 cm³/mol. The van der Waals surface area contributed by atoms with Gasteiger partial charge in [-0.1, -0.05) is 210 Å². The van der Waals surface area contributed by atoms with Crippen LogP contribution in [0.5, 0.6) is 17.2 Å². The number of benzene rings is 6. The molecule has 0 unspecified atom stereocenters. The minimum Gasteiger partial charge on any atom is -0.408 e. The maximum absolute atomic E-state index is 7.01. The third-order valence-electron chi connectivity index (χ3n) is 12.1. The molecule has 3 nitrogen and oxygen atoms in total. The topological polar surface area (TPSA) is 27.7 Å². The van der Waals surface area contributed by atoms with Gasteiger partial charge in [-0.05, 0) is 86.0 Å². The number of rotatable bonds is 15. The Morgan fingerprint density at radius 1 is 0.328 bits per heavy atom. The zero-order chi connectivity index (χ0) is 41.8. The maximum Gasteiger partial charge on any atom is 0.530 e. The minimum absolute atomic E-state index is 0.190. The van der Waals surface area contributed by atoms with Gasteiger partial charge in [-0.25, -0.2) is 0 Å². The van der Waals surface area contributed by atoms with Gasteiger partial charge in [0.1, 0.15) is 17.2 Å². The lowest BCUT2D eigenvalue weighted by Crippen LogP contribution is -2.20. The highest BCUT2D eigenvalue weighted by Gasteiger charge is 2.31. The van der Waals surface area contributed by atoms with Crippen LogP contribution < -0.4 is 13.6 Å². The lowest BCUT2D eigenvalue weighted by Gasteiger charge is -2.30. The second kappa shape index (κ2) is 17.6. The Bertz CT molecular complexity index is 2010. The van der Waals surface area contributed by atoms with Crippen molar-refractivity contribution in [2.75, 3.05) is 0 Å². The highest BCUT2D eigenvalue weighted by molar-refractivity contribution is 7.43. The molecular formula is C54H63O3P. The molecule has 0 atom stereocenters. The van der Waals surface area contributed by atoms with Gasteiger partial charge >= 0.3 is 8.60 Å². The van der Waals surface area contributed by atoms with Gasteiger partial charge in [-0.2, -0.15) is 0 Å². The minimum atomic E-state index is -1.96. The lowest BCUT2D eigenvalue weighted by molar-refractivity contribution is 0.380. The highest BCUT2D eigenvalue weighted by Crippen LogP contribution is 2.49. The fourth-order valence-corrected chi connectivity index (χ4v) is 8.87. The van der Waals surface area contributed by atoms with Crippen molar-refractivity contribution in [3.05, 3.63) is 196 Å². The second-order valence-corrected chi connectivity index (χ2v) is 19.2. The van der Waals surface area contributed by atoms with E-state index in [4.69, 9.17) is 13.6 Å². The summed E-state index contributed by atoms with van der Waals surface area (Å²) in [5, 5.41) is 0. The van der Waals surface area contributed by atoms with Gasteiger partial charge in [0.2, 0.25) is 0 Å². The Morgan fingerprint density at radius 2 is 0.569 bits per heavy atom. The molecule has 0 spiro atoms. The molecule has 0 saturated carbocycles. The summed E-state index contributed by atoms with van der Waals surface area (Å²) in [7, 11) is -1.96. The molecule has 0 N–H and O–H groups in total. The third-order valence-corrected chi connectivity index (χ3v) is 13.1. The zero-order valence-corrected chi connectivity index (χ0v) is 37.7. The first-order valence-corrected chi connectivity index (χ1v) is 22.0. The quantitative estimate of drug-likeness (QED) is 0.0970. The molecule has 0 radical (unpaired) electrons. The summed E-state index contributed by atoms with van der Waals surface area (Å²) >= 11 is 0. The summed E-state index contributed by atoms with van der Waals surface area (Å²) in [6.07, 6.45) is 0. The highest BCUT2D eigenvalue weighted by atomic mass is 31.2. The maximum atomic E-state index is 7.01. The smallest absolute Gasteiger partial charge is 0.408 e. The van der Waals surface area contributed by atoms with Gasteiger partial charge in [0.25, 0.3) is 0 Å². The SMILES string of the molecule is CC(C)c1cc(C(C)(C)c2ccccc2)ccc1OP(Oc1ccc(C(C)(C)c2ccccc2)cc1C(C)C)Oc1ccc(C(C)(C)c2ccccc2)cc1C(C)C. The molecule has 6 rings (SSSR count). The van der Waals surface area contributed by atoms with E-state index in [0.717, 1.165) is 33.9 Å².